The number of ether oxygens (including phenoxy) is 2. The number of rotatable bonds is 7. The fourth-order valence-corrected chi connectivity index (χ4v) is 2.18. The van der Waals surface area contributed by atoms with Crippen LogP contribution in [0.4, 0.5) is 13.2 Å². The highest BCUT2D eigenvalue weighted by atomic mass is 19.3. The Bertz CT molecular complexity index is 809. The van der Waals surface area contributed by atoms with E-state index in [1.807, 2.05) is 0 Å². The monoisotopic (exact) mass is 381 g/mol. The summed E-state index contributed by atoms with van der Waals surface area (Å²) in [7, 11) is 1.51. The predicted octanol–water partition coefficient (Wildman–Crippen LogP) is 3.55. The van der Waals surface area contributed by atoms with Crippen LogP contribution in [0.5, 0.6) is 5.75 Å². The number of halogens is 3. The molecule has 144 valence electrons. The number of hydrogen-bond donors (Lipinski definition) is 0. The summed E-state index contributed by atoms with van der Waals surface area (Å²) in [6, 6.07) is 9.73. The van der Waals surface area contributed by atoms with Crippen molar-refractivity contribution in [1.82, 2.24) is 4.90 Å². The van der Waals surface area contributed by atoms with Gasteiger partial charge in [-0.25, -0.2) is 9.18 Å². The van der Waals surface area contributed by atoms with Gasteiger partial charge in [-0.15, -0.1) is 0 Å². The van der Waals surface area contributed by atoms with Crippen molar-refractivity contribution >= 4 is 11.9 Å². The Balaban J connectivity index is 1.86. The van der Waals surface area contributed by atoms with Crippen molar-refractivity contribution < 1.29 is 32.2 Å². The summed E-state index contributed by atoms with van der Waals surface area (Å²) in [5, 5.41) is 0. The number of esters is 1. The smallest absolute Gasteiger partial charge is 0.387 e. The highest BCUT2D eigenvalue weighted by Gasteiger charge is 2.15. The Morgan fingerprint density at radius 1 is 1.11 bits per heavy atom. The first kappa shape index (κ1) is 20.3. The van der Waals surface area contributed by atoms with E-state index in [1.54, 1.807) is 19.1 Å². The molecule has 0 unspecified atom stereocenters. The molecule has 0 bridgehead atoms. The van der Waals surface area contributed by atoms with Crippen molar-refractivity contribution in [3.63, 3.8) is 0 Å². The van der Waals surface area contributed by atoms with Crippen LogP contribution in [-0.4, -0.2) is 37.0 Å². The zero-order valence-corrected chi connectivity index (χ0v) is 14.7. The Labute approximate surface area is 154 Å². The molecule has 0 aliphatic heterocycles. The zero-order chi connectivity index (χ0) is 20.0. The first-order valence-electron chi connectivity index (χ1n) is 7.97. The van der Waals surface area contributed by atoms with E-state index in [0.29, 0.717) is 11.1 Å². The number of hydrogen-bond acceptors (Lipinski definition) is 4. The van der Waals surface area contributed by atoms with Crippen LogP contribution in [0, 0.1) is 12.7 Å². The molecule has 0 heterocycles. The molecular formula is C19H18F3NO4. The van der Waals surface area contributed by atoms with Crippen molar-refractivity contribution in [1.29, 1.82) is 0 Å². The van der Waals surface area contributed by atoms with E-state index in [-0.39, 0.29) is 17.9 Å². The van der Waals surface area contributed by atoms with Crippen molar-refractivity contribution in [3.8, 4) is 5.75 Å². The van der Waals surface area contributed by atoms with E-state index in [9.17, 15) is 22.8 Å². The third-order valence-corrected chi connectivity index (χ3v) is 3.73. The molecule has 27 heavy (non-hydrogen) atoms. The summed E-state index contributed by atoms with van der Waals surface area (Å²) in [4.78, 5) is 25.3. The third-order valence-electron chi connectivity index (χ3n) is 3.73. The molecule has 2 aromatic rings. The van der Waals surface area contributed by atoms with Crippen LogP contribution in [0.3, 0.4) is 0 Å². The second-order valence-corrected chi connectivity index (χ2v) is 5.81. The average Bonchev–Trinajstić information content (AvgIpc) is 2.62. The highest BCUT2D eigenvalue weighted by Crippen LogP contribution is 2.16. The molecule has 0 N–H and O–H groups in total. The van der Waals surface area contributed by atoms with Gasteiger partial charge in [0.05, 0.1) is 5.56 Å². The molecule has 0 fully saturated rings. The molecule has 0 aromatic heterocycles. The molecule has 8 heteroatoms. The molecule has 0 radical (unpaired) electrons. The molecule has 0 aliphatic rings. The molecule has 2 rings (SSSR count). The summed E-state index contributed by atoms with van der Waals surface area (Å²) in [6.07, 6.45) is 0. The van der Waals surface area contributed by atoms with Crippen LogP contribution in [0.15, 0.2) is 42.5 Å². The van der Waals surface area contributed by atoms with E-state index in [4.69, 9.17) is 4.74 Å². The van der Waals surface area contributed by atoms with Gasteiger partial charge < -0.3 is 14.4 Å². The van der Waals surface area contributed by atoms with Gasteiger partial charge >= 0.3 is 12.6 Å². The van der Waals surface area contributed by atoms with Crippen molar-refractivity contribution in [2.75, 3.05) is 13.7 Å². The number of alkyl halides is 2. The van der Waals surface area contributed by atoms with Gasteiger partial charge in [0.25, 0.3) is 5.91 Å². The number of amides is 1. The van der Waals surface area contributed by atoms with Crippen LogP contribution in [-0.2, 0) is 16.1 Å². The Kier molecular flexibility index (Phi) is 6.81. The Hall–Kier alpha value is -3.03. The molecule has 0 atom stereocenters. The molecule has 2 aromatic carbocycles. The van der Waals surface area contributed by atoms with Crippen LogP contribution < -0.4 is 4.74 Å². The maximum atomic E-state index is 13.5. The third kappa shape index (κ3) is 6.02. The van der Waals surface area contributed by atoms with Crippen molar-refractivity contribution in [2.45, 2.75) is 20.1 Å². The number of likely N-dealkylation sites (N-methyl/N-ethyl adjacent to an activating group) is 1. The van der Waals surface area contributed by atoms with Crippen molar-refractivity contribution in [3.05, 3.63) is 65.0 Å². The molecule has 5 nitrogen and oxygen atoms in total. The summed E-state index contributed by atoms with van der Waals surface area (Å²) < 4.78 is 46.9. The standard InChI is InChI=1S/C19H18F3NO4/c1-12-3-6-14(9-16(12)20)18(25)26-11-17(24)23(2)10-13-4-7-15(8-5-13)27-19(21)22/h3-9,19H,10-11H2,1-2H3. The van der Waals surface area contributed by atoms with Gasteiger partial charge in [-0.3, -0.25) is 4.79 Å². The van der Waals surface area contributed by atoms with E-state index in [0.717, 1.165) is 6.07 Å². The van der Waals surface area contributed by atoms with E-state index < -0.39 is 30.9 Å². The minimum absolute atomic E-state index is 0.0157. The Morgan fingerprint density at radius 3 is 2.37 bits per heavy atom. The SMILES string of the molecule is Cc1ccc(C(=O)OCC(=O)N(C)Cc2ccc(OC(F)F)cc2)cc1F. The largest absolute Gasteiger partial charge is 0.452 e. The second-order valence-electron chi connectivity index (χ2n) is 5.81. The fourth-order valence-electron chi connectivity index (χ4n) is 2.18. The highest BCUT2D eigenvalue weighted by molar-refractivity contribution is 5.91. The minimum Gasteiger partial charge on any atom is -0.452 e. The van der Waals surface area contributed by atoms with Crippen LogP contribution in [0.1, 0.15) is 21.5 Å². The lowest BCUT2D eigenvalue weighted by Gasteiger charge is -2.17. The quantitative estimate of drug-likeness (QED) is 0.689. The van der Waals surface area contributed by atoms with Gasteiger partial charge in [-0.05, 0) is 42.3 Å². The summed E-state index contributed by atoms with van der Waals surface area (Å²) in [5.41, 5.74) is 1.09. The number of nitrogens with zero attached hydrogens (tertiary/aromatic N) is 1. The molecular weight excluding hydrogens is 363 g/mol. The number of aryl methyl sites for hydroxylation is 1. The van der Waals surface area contributed by atoms with Crippen LogP contribution >= 0.6 is 0 Å². The van der Waals surface area contributed by atoms with E-state index >= 15 is 0 Å². The van der Waals surface area contributed by atoms with Crippen LogP contribution in [0.2, 0.25) is 0 Å². The molecule has 1 amide bonds. The van der Waals surface area contributed by atoms with Crippen LogP contribution in [0.25, 0.3) is 0 Å². The maximum absolute atomic E-state index is 13.5. The number of carbonyl (C=O) groups excluding carboxylic acids is 2. The number of benzene rings is 2. The lowest BCUT2D eigenvalue weighted by atomic mass is 10.1. The van der Waals surface area contributed by atoms with E-state index in [1.165, 1.54) is 36.2 Å². The molecule has 0 spiro atoms. The average molecular weight is 381 g/mol. The molecule has 0 aliphatic carbocycles. The predicted molar refractivity (Wildman–Crippen MR) is 91.0 cm³/mol. The van der Waals surface area contributed by atoms with Gasteiger partial charge in [0.2, 0.25) is 0 Å². The van der Waals surface area contributed by atoms with Gasteiger partial charge in [0.15, 0.2) is 6.61 Å². The number of carbonyl (C=O) groups is 2. The van der Waals surface area contributed by atoms with Gasteiger partial charge in [-0.1, -0.05) is 18.2 Å². The fraction of sp³-hybridized carbons (Fsp3) is 0.263. The molecule has 0 saturated carbocycles. The second kappa shape index (κ2) is 9.07. The van der Waals surface area contributed by atoms with Gasteiger partial charge in [0, 0.05) is 13.6 Å². The lowest BCUT2D eigenvalue weighted by molar-refractivity contribution is -0.133. The van der Waals surface area contributed by atoms with Gasteiger partial charge in [-0.2, -0.15) is 8.78 Å². The van der Waals surface area contributed by atoms with Crippen molar-refractivity contribution in [2.24, 2.45) is 0 Å². The summed E-state index contributed by atoms with van der Waals surface area (Å²) in [5.74, 6) is -1.79. The Morgan fingerprint density at radius 2 is 1.78 bits per heavy atom. The summed E-state index contributed by atoms with van der Waals surface area (Å²) >= 11 is 0. The normalized spacial score (nSPS) is 10.6. The topological polar surface area (TPSA) is 55.8 Å². The zero-order valence-electron chi connectivity index (χ0n) is 14.7. The lowest BCUT2D eigenvalue weighted by Crippen LogP contribution is -2.30. The maximum Gasteiger partial charge on any atom is 0.387 e. The minimum atomic E-state index is -2.91. The van der Waals surface area contributed by atoms with Gasteiger partial charge in [0.1, 0.15) is 11.6 Å². The first-order valence-corrected chi connectivity index (χ1v) is 7.97. The first-order chi connectivity index (χ1) is 12.8. The van der Waals surface area contributed by atoms with E-state index in [2.05, 4.69) is 4.74 Å². The summed E-state index contributed by atoms with van der Waals surface area (Å²) in [6.45, 7) is -1.66. The molecule has 0 saturated heterocycles.